The summed E-state index contributed by atoms with van der Waals surface area (Å²) in [5.41, 5.74) is 0. The first-order valence-electron chi connectivity index (χ1n) is 4.47. The van der Waals surface area contributed by atoms with E-state index in [2.05, 4.69) is 5.32 Å². The molecule has 4 nitrogen and oxygen atoms in total. The summed E-state index contributed by atoms with van der Waals surface area (Å²) in [6.45, 7) is 0.0891. The van der Waals surface area contributed by atoms with Gasteiger partial charge >= 0.3 is 0 Å². The molecule has 1 aliphatic heterocycles. The summed E-state index contributed by atoms with van der Waals surface area (Å²) in [4.78, 5) is 11.2. The second-order valence-electron chi connectivity index (χ2n) is 3.15. The summed E-state index contributed by atoms with van der Waals surface area (Å²) in [6.07, 6.45) is -3.77. The normalized spacial score (nSPS) is 23.9. The highest BCUT2D eigenvalue weighted by atomic mass is 19.3. The highest BCUT2D eigenvalue weighted by Gasteiger charge is 2.25. The van der Waals surface area contributed by atoms with Crippen LogP contribution in [0.4, 0.5) is 8.78 Å². The van der Waals surface area contributed by atoms with Crippen LogP contribution in [0.2, 0.25) is 0 Å². The van der Waals surface area contributed by atoms with E-state index in [4.69, 9.17) is 9.84 Å². The van der Waals surface area contributed by atoms with Gasteiger partial charge in [-0.2, -0.15) is 0 Å². The third-order valence-corrected chi connectivity index (χ3v) is 2.00. The first kappa shape index (κ1) is 11.3. The van der Waals surface area contributed by atoms with Gasteiger partial charge in [0.1, 0.15) is 12.2 Å². The Hall–Kier alpha value is -0.750. The van der Waals surface area contributed by atoms with E-state index in [-0.39, 0.29) is 0 Å². The average molecular weight is 209 g/mol. The van der Waals surface area contributed by atoms with E-state index in [0.717, 1.165) is 6.42 Å². The van der Waals surface area contributed by atoms with Crippen molar-refractivity contribution >= 4 is 5.91 Å². The molecule has 0 spiro atoms. The maximum Gasteiger partial charge on any atom is 0.265 e. The zero-order chi connectivity index (χ0) is 10.6. The summed E-state index contributed by atoms with van der Waals surface area (Å²) in [6, 6.07) is 0. The van der Waals surface area contributed by atoms with Crippen LogP contribution < -0.4 is 5.32 Å². The molecule has 0 aliphatic carbocycles. The van der Waals surface area contributed by atoms with Crippen LogP contribution >= 0.6 is 0 Å². The highest BCUT2D eigenvalue weighted by Crippen LogP contribution is 2.11. The summed E-state index contributed by atoms with van der Waals surface area (Å²) in [5, 5.41) is 10.9. The number of nitrogens with one attached hydrogen (secondary N) is 1. The Kier molecular flexibility index (Phi) is 4.21. The molecule has 2 N–H and O–H groups in total. The number of carbonyl (C=O) groups is 1. The topological polar surface area (TPSA) is 58.6 Å². The molecule has 82 valence electrons. The third kappa shape index (κ3) is 3.19. The molecule has 1 fully saturated rings. The zero-order valence-corrected chi connectivity index (χ0v) is 7.58. The van der Waals surface area contributed by atoms with Gasteiger partial charge in [0.2, 0.25) is 5.91 Å². The maximum absolute atomic E-state index is 11.8. The third-order valence-electron chi connectivity index (χ3n) is 2.00. The number of hydrogen-bond acceptors (Lipinski definition) is 3. The van der Waals surface area contributed by atoms with Crippen molar-refractivity contribution in [2.75, 3.05) is 13.2 Å². The van der Waals surface area contributed by atoms with Crippen LogP contribution in [0, 0.1) is 0 Å². The Morgan fingerprint density at radius 1 is 1.64 bits per heavy atom. The molecule has 0 radical (unpaired) electrons. The predicted molar refractivity (Wildman–Crippen MR) is 44.0 cm³/mol. The molecule has 1 heterocycles. The Labute approximate surface area is 80.2 Å². The van der Waals surface area contributed by atoms with Crippen molar-refractivity contribution in [1.82, 2.24) is 5.32 Å². The number of alkyl halides is 2. The summed E-state index contributed by atoms with van der Waals surface area (Å²) < 4.78 is 28.7. The number of aliphatic hydroxyl groups excluding tert-OH is 1. The summed E-state index contributed by atoms with van der Waals surface area (Å²) in [5.74, 6) is -0.429. The minimum atomic E-state index is -2.83. The molecule has 0 aromatic carbocycles. The van der Waals surface area contributed by atoms with Crippen molar-refractivity contribution in [3.63, 3.8) is 0 Å². The molecule has 0 bridgehead atoms. The lowest BCUT2D eigenvalue weighted by atomic mass is 10.2. The standard InChI is InChI=1S/C8H13F2NO3/c9-7(10)5(12)4-11-8(13)6-2-1-3-14-6/h5-7,12H,1-4H2,(H,11,13)/t5?,6-/m0/s1. The van der Waals surface area contributed by atoms with Crippen LogP contribution in [0.1, 0.15) is 12.8 Å². The first-order valence-corrected chi connectivity index (χ1v) is 4.47. The van der Waals surface area contributed by atoms with Crippen molar-refractivity contribution in [3.8, 4) is 0 Å². The Morgan fingerprint density at radius 2 is 2.36 bits per heavy atom. The molecule has 2 atom stereocenters. The lowest BCUT2D eigenvalue weighted by Gasteiger charge is -2.13. The fourth-order valence-electron chi connectivity index (χ4n) is 1.19. The van der Waals surface area contributed by atoms with Crippen molar-refractivity contribution < 1.29 is 23.4 Å². The van der Waals surface area contributed by atoms with Crippen molar-refractivity contribution in [2.45, 2.75) is 31.5 Å². The van der Waals surface area contributed by atoms with E-state index in [1.165, 1.54) is 0 Å². The second-order valence-corrected chi connectivity index (χ2v) is 3.15. The van der Waals surface area contributed by atoms with Gasteiger partial charge < -0.3 is 15.2 Å². The minimum Gasteiger partial charge on any atom is -0.385 e. The largest absolute Gasteiger partial charge is 0.385 e. The number of aliphatic hydroxyl groups is 1. The van der Waals surface area contributed by atoms with E-state index in [0.29, 0.717) is 13.0 Å². The number of rotatable bonds is 4. The van der Waals surface area contributed by atoms with E-state index in [9.17, 15) is 13.6 Å². The van der Waals surface area contributed by atoms with Gasteiger partial charge in [0.25, 0.3) is 6.43 Å². The molecule has 1 aliphatic rings. The number of hydrogen-bond donors (Lipinski definition) is 2. The van der Waals surface area contributed by atoms with Gasteiger partial charge in [0.15, 0.2) is 0 Å². The molecule has 14 heavy (non-hydrogen) atoms. The van der Waals surface area contributed by atoms with Crippen LogP contribution in [-0.4, -0.2) is 42.8 Å². The molecule has 1 unspecified atom stereocenters. The number of carbonyl (C=O) groups excluding carboxylic acids is 1. The molecule has 6 heteroatoms. The van der Waals surface area contributed by atoms with Gasteiger partial charge in [-0.1, -0.05) is 0 Å². The lowest BCUT2D eigenvalue weighted by Crippen LogP contribution is -2.40. The Balaban J connectivity index is 2.20. The molecule has 1 saturated heterocycles. The van der Waals surface area contributed by atoms with Crippen LogP contribution in [0.3, 0.4) is 0 Å². The van der Waals surface area contributed by atoms with Crippen molar-refractivity contribution in [1.29, 1.82) is 0 Å². The number of amides is 1. The van der Waals surface area contributed by atoms with Gasteiger partial charge in [-0.25, -0.2) is 8.78 Å². The van der Waals surface area contributed by atoms with Crippen LogP contribution in [-0.2, 0) is 9.53 Å². The molecule has 0 aromatic rings. The number of ether oxygens (including phenoxy) is 1. The van der Waals surface area contributed by atoms with Crippen LogP contribution in [0.25, 0.3) is 0 Å². The Morgan fingerprint density at radius 3 is 2.86 bits per heavy atom. The predicted octanol–water partition coefficient (Wildman–Crippen LogP) is -0.0924. The molecule has 0 saturated carbocycles. The summed E-state index contributed by atoms with van der Waals surface area (Å²) in [7, 11) is 0. The fraction of sp³-hybridized carbons (Fsp3) is 0.875. The van der Waals surface area contributed by atoms with E-state index in [1.807, 2.05) is 0 Å². The fourth-order valence-corrected chi connectivity index (χ4v) is 1.19. The molecule has 1 amide bonds. The smallest absolute Gasteiger partial charge is 0.265 e. The molecular formula is C8H13F2NO3. The number of halogens is 2. The molecule has 0 aromatic heterocycles. The average Bonchev–Trinajstić information content (AvgIpc) is 2.66. The molecule has 1 rings (SSSR count). The van der Waals surface area contributed by atoms with Gasteiger partial charge in [0, 0.05) is 13.2 Å². The Bertz CT molecular complexity index is 195. The summed E-state index contributed by atoms with van der Waals surface area (Å²) >= 11 is 0. The van der Waals surface area contributed by atoms with Crippen LogP contribution in [0.5, 0.6) is 0 Å². The monoisotopic (exact) mass is 209 g/mol. The SMILES string of the molecule is O=C(NCC(O)C(F)F)[C@@H]1CCCO1. The van der Waals surface area contributed by atoms with E-state index < -0.39 is 31.1 Å². The van der Waals surface area contributed by atoms with E-state index in [1.54, 1.807) is 0 Å². The highest BCUT2D eigenvalue weighted by molar-refractivity contribution is 5.80. The van der Waals surface area contributed by atoms with Crippen LogP contribution in [0.15, 0.2) is 0 Å². The van der Waals surface area contributed by atoms with E-state index >= 15 is 0 Å². The van der Waals surface area contributed by atoms with Gasteiger partial charge in [0.05, 0.1) is 0 Å². The second kappa shape index (κ2) is 5.21. The minimum absolute atomic E-state index is 0.429. The van der Waals surface area contributed by atoms with Crippen molar-refractivity contribution in [2.24, 2.45) is 0 Å². The van der Waals surface area contributed by atoms with Gasteiger partial charge in [-0.05, 0) is 12.8 Å². The maximum atomic E-state index is 11.8. The first-order chi connectivity index (χ1) is 6.61. The zero-order valence-electron chi connectivity index (χ0n) is 7.58. The molecular weight excluding hydrogens is 196 g/mol. The van der Waals surface area contributed by atoms with Gasteiger partial charge in [-0.15, -0.1) is 0 Å². The van der Waals surface area contributed by atoms with Crippen molar-refractivity contribution in [3.05, 3.63) is 0 Å². The van der Waals surface area contributed by atoms with Gasteiger partial charge in [-0.3, -0.25) is 4.79 Å². The lowest BCUT2D eigenvalue weighted by molar-refractivity contribution is -0.131. The quantitative estimate of drug-likeness (QED) is 0.680.